The Morgan fingerprint density at radius 1 is 1.19 bits per heavy atom. The summed E-state index contributed by atoms with van der Waals surface area (Å²) in [5, 5.41) is 5.13. The molecule has 3 rings (SSSR count). The number of piperazine rings is 1. The highest BCUT2D eigenvalue weighted by atomic mass is 35.5. The van der Waals surface area contributed by atoms with Gasteiger partial charge in [-0.2, -0.15) is 0 Å². The van der Waals surface area contributed by atoms with Gasteiger partial charge >= 0.3 is 0 Å². The van der Waals surface area contributed by atoms with Crippen LogP contribution in [0.5, 0.6) is 0 Å². The van der Waals surface area contributed by atoms with Crippen molar-refractivity contribution in [3.05, 3.63) is 28.2 Å². The first kappa shape index (κ1) is 15.5. The second-order valence-corrected chi connectivity index (χ2v) is 7.72. The molecule has 1 saturated carbocycles. The molecule has 2 nitrogen and oxygen atoms in total. The van der Waals surface area contributed by atoms with Crippen molar-refractivity contribution >= 4 is 28.9 Å². The minimum absolute atomic E-state index is 0.303. The molecule has 1 aliphatic heterocycles. The van der Waals surface area contributed by atoms with Crippen LogP contribution in [0.4, 0.5) is 5.69 Å². The largest absolute Gasteiger partial charge is 0.365 e. The summed E-state index contributed by atoms with van der Waals surface area (Å²) < 4.78 is 0. The van der Waals surface area contributed by atoms with Crippen molar-refractivity contribution in [2.24, 2.45) is 5.92 Å². The predicted molar refractivity (Wildman–Crippen MR) is 91.6 cm³/mol. The molecule has 1 saturated heterocycles. The Balaban J connectivity index is 1.91. The van der Waals surface area contributed by atoms with Crippen LogP contribution >= 0.6 is 23.2 Å². The highest BCUT2D eigenvalue weighted by molar-refractivity contribution is 6.42. The van der Waals surface area contributed by atoms with Gasteiger partial charge in [-0.25, -0.2) is 0 Å². The van der Waals surface area contributed by atoms with Crippen molar-refractivity contribution in [1.82, 2.24) is 5.32 Å². The first-order valence-electron chi connectivity index (χ1n) is 7.97. The summed E-state index contributed by atoms with van der Waals surface area (Å²) in [5.41, 5.74) is 1.51. The van der Waals surface area contributed by atoms with E-state index < -0.39 is 0 Å². The smallest absolute Gasteiger partial charge is 0.0612 e. The highest BCUT2D eigenvalue weighted by Gasteiger charge is 2.41. The highest BCUT2D eigenvalue weighted by Crippen LogP contribution is 2.37. The summed E-state index contributed by atoms with van der Waals surface area (Å²) in [5.74, 6) is 0.603. The molecule has 1 spiro atoms. The van der Waals surface area contributed by atoms with E-state index in [2.05, 4.69) is 30.1 Å². The fourth-order valence-electron chi connectivity index (χ4n) is 3.86. The van der Waals surface area contributed by atoms with Crippen molar-refractivity contribution in [1.29, 1.82) is 0 Å². The third-order valence-corrected chi connectivity index (χ3v) is 5.86. The van der Waals surface area contributed by atoms with Crippen molar-refractivity contribution in [3.63, 3.8) is 0 Å². The molecule has 2 fully saturated rings. The number of halogens is 2. The fourth-order valence-corrected chi connectivity index (χ4v) is 4.15. The summed E-state index contributed by atoms with van der Waals surface area (Å²) in [4.78, 5) is 2.55. The zero-order valence-corrected chi connectivity index (χ0v) is 14.3. The van der Waals surface area contributed by atoms with Crippen LogP contribution in [0, 0.1) is 5.92 Å². The van der Waals surface area contributed by atoms with Gasteiger partial charge in [-0.3, -0.25) is 0 Å². The summed E-state index contributed by atoms with van der Waals surface area (Å²) in [6.07, 6.45) is 5.26. The van der Waals surface area contributed by atoms with Gasteiger partial charge in [0, 0.05) is 30.4 Å². The van der Waals surface area contributed by atoms with Crippen LogP contribution in [0.1, 0.15) is 39.5 Å². The van der Waals surface area contributed by atoms with Crippen LogP contribution < -0.4 is 10.2 Å². The molecule has 4 heteroatoms. The number of hydrogen-bond acceptors (Lipinski definition) is 2. The van der Waals surface area contributed by atoms with Gasteiger partial charge in [-0.15, -0.1) is 0 Å². The van der Waals surface area contributed by atoms with Gasteiger partial charge in [-0.05, 0) is 37.0 Å². The van der Waals surface area contributed by atoms with Crippen molar-refractivity contribution < 1.29 is 0 Å². The average molecular weight is 327 g/mol. The van der Waals surface area contributed by atoms with E-state index in [-0.39, 0.29) is 0 Å². The van der Waals surface area contributed by atoms with Crippen LogP contribution in [-0.2, 0) is 0 Å². The Morgan fingerprint density at radius 3 is 2.52 bits per heavy atom. The Morgan fingerprint density at radius 2 is 1.90 bits per heavy atom. The molecule has 1 unspecified atom stereocenters. The second kappa shape index (κ2) is 5.98. The van der Waals surface area contributed by atoms with Crippen LogP contribution in [0.15, 0.2) is 18.2 Å². The normalized spacial score (nSPS) is 25.0. The van der Waals surface area contributed by atoms with Gasteiger partial charge in [0.2, 0.25) is 0 Å². The Labute approximate surface area is 137 Å². The molecule has 1 heterocycles. The molecule has 0 aromatic heterocycles. The van der Waals surface area contributed by atoms with Gasteiger partial charge in [0.25, 0.3) is 0 Å². The third kappa shape index (κ3) is 3.04. The summed E-state index contributed by atoms with van der Waals surface area (Å²) >= 11 is 12.3. The molecular weight excluding hydrogens is 303 g/mol. The van der Waals surface area contributed by atoms with E-state index in [1.165, 1.54) is 31.4 Å². The monoisotopic (exact) mass is 326 g/mol. The first-order chi connectivity index (χ1) is 10.0. The van der Waals surface area contributed by atoms with E-state index in [4.69, 9.17) is 23.2 Å². The molecule has 0 radical (unpaired) electrons. The zero-order valence-electron chi connectivity index (χ0n) is 12.8. The Hall–Kier alpha value is -0.440. The number of rotatable bonds is 2. The molecule has 1 atom stereocenters. The van der Waals surface area contributed by atoms with Crippen molar-refractivity contribution in [3.8, 4) is 0 Å². The molecule has 1 N–H and O–H groups in total. The lowest BCUT2D eigenvalue weighted by Gasteiger charge is -2.49. The predicted octanol–water partition coefficient (Wildman–Crippen LogP) is 4.74. The van der Waals surface area contributed by atoms with Gasteiger partial charge in [0.15, 0.2) is 0 Å². The minimum Gasteiger partial charge on any atom is -0.365 e. The number of hydrogen-bond donors (Lipinski definition) is 1. The molecule has 1 aliphatic carbocycles. The second-order valence-electron chi connectivity index (χ2n) is 6.91. The third-order valence-electron chi connectivity index (χ3n) is 5.12. The molecule has 1 aromatic carbocycles. The van der Waals surface area contributed by atoms with E-state index in [9.17, 15) is 0 Å². The van der Waals surface area contributed by atoms with Crippen LogP contribution in [0.2, 0.25) is 10.0 Å². The molecular formula is C17H24Cl2N2. The molecule has 2 aliphatic rings. The number of nitrogens with zero attached hydrogens (tertiary/aromatic N) is 1. The van der Waals surface area contributed by atoms with Crippen molar-refractivity contribution in [2.45, 2.75) is 51.1 Å². The maximum absolute atomic E-state index is 6.24. The standard InChI is InChI=1S/C17H24Cl2N2/c1-12(2)16-10-20-17(7-3-4-8-17)11-21(16)13-5-6-14(18)15(19)9-13/h5-6,9,12,16,20H,3-4,7-8,10-11H2,1-2H3. The van der Waals surface area contributed by atoms with E-state index >= 15 is 0 Å². The fraction of sp³-hybridized carbons (Fsp3) is 0.647. The molecule has 0 bridgehead atoms. The van der Waals surface area contributed by atoms with Gasteiger partial charge in [0.05, 0.1) is 10.0 Å². The summed E-state index contributed by atoms with van der Waals surface area (Å²) in [6.45, 7) is 6.72. The summed E-state index contributed by atoms with van der Waals surface area (Å²) in [6, 6.07) is 6.55. The lowest BCUT2D eigenvalue weighted by atomic mass is 9.88. The van der Waals surface area contributed by atoms with Gasteiger partial charge in [0.1, 0.15) is 0 Å². The zero-order chi connectivity index (χ0) is 15.0. The Kier molecular flexibility index (Phi) is 4.40. The van der Waals surface area contributed by atoms with Crippen LogP contribution in [-0.4, -0.2) is 24.7 Å². The lowest BCUT2D eigenvalue weighted by Crippen LogP contribution is -2.64. The lowest BCUT2D eigenvalue weighted by molar-refractivity contribution is 0.245. The maximum Gasteiger partial charge on any atom is 0.0612 e. The number of anilines is 1. The first-order valence-corrected chi connectivity index (χ1v) is 8.73. The molecule has 1 aromatic rings. The minimum atomic E-state index is 0.303. The van der Waals surface area contributed by atoms with Crippen molar-refractivity contribution in [2.75, 3.05) is 18.0 Å². The summed E-state index contributed by atoms with van der Waals surface area (Å²) in [7, 11) is 0. The topological polar surface area (TPSA) is 15.3 Å². The molecule has 21 heavy (non-hydrogen) atoms. The van der Waals surface area contributed by atoms with Gasteiger partial charge in [-0.1, -0.05) is 49.9 Å². The van der Waals surface area contributed by atoms with E-state index in [1.54, 1.807) is 0 Å². The van der Waals surface area contributed by atoms with Crippen LogP contribution in [0.3, 0.4) is 0 Å². The SMILES string of the molecule is CC(C)C1CNC2(CCCC2)CN1c1ccc(Cl)c(Cl)c1. The molecule has 0 amide bonds. The Bertz CT molecular complexity index is 510. The van der Waals surface area contributed by atoms with E-state index in [0.717, 1.165) is 13.1 Å². The van der Waals surface area contributed by atoms with E-state index in [0.29, 0.717) is 27.5 Å². The van der Waals surface area contributed by atoms with Gasteiger partial charge < -0.3 is 10.2 Å². The number of benzene rings is 1. The number of nitrogens with one attached hydrogen (secondary N) is 1. The maximum atomic E-state index is 6.24. The average Bonchev–Trinajstić information content (AvgIpc) is 2.89. The van der Waals surface area contributed by atoms with E-state index in [1.807, 2.05) is 12.1 Å². The molecule has 116 valence electrons. The quantitative estimate of drug-likeness (QED) is 0.844. The van der Waals surface area contributed by atoms with Crippen LogP contribution in [0.25, 0.3) is 0 Å².